The van der Waals surface area contributed by atoms with E-state index in [1.54, 1.807) is 24.3 Å². The monoisotopic (exact) mass is 281 g/mol. The van der Waals surface area contributed by atoms with Crippen LogP contribution in [0.15, 0.2) is 73.1 Å². The minimum atomic E-state index is -0.00338. The van der Waals surface area contributed by atoms with Crippen molar-refractivity contribution in [2.24, 2.45) is 0 Å². The molecule has 3 heteroatoms. The van der Waals surface area contributed by atoms with Gasteiger partial charge in [0.2, 0.25) is 0 Å². The number of nitrogens with zero attached hydrogens (tertiary/aromatic N) is 1. The standard InChI is InChI=1S/C17H12ClNO/c18-15-8-6-13(7-9-15)17(20)14-10-11-19(12-14)16-4-2-1-3-5-16/h1-12H. The first-order valence-corrected chi connectivity index (χ1v) is 6.65. The van der Waals surface area contributed by atoms with Gasteiger partial charge in [0, 0.05) is 34.2 Å². The molecule has 0 unspecified atom stereocenters. The Labute approximate surface area is 122 Å². The van der Waals surface area contributed by atoms with Crippen LogP contribution in [0, 0.1) is 0 Å². The number of hydrogen-bond acceptors (Lipinski definition) is 1. The predicted octanol–water partition coefficient (Wildman–Crippen LogP) is 4.36. The molecule has 98 valence electrons. The molecule has 0 spiro atoms. The van der Waals surface area contributed by atoms with Gasteiger partial charge in [-0.1, -0.05) is 29.8 Å². The maximum absolute atomic E-state index is 12.3. The Bertz CT molecular complexity index is 729. The van der Waals surface area contributed by atoms with Gasteiger partial charge < -0.3 is 4.57 Å². The molecular formula is C17H12ClNO. The fourth-order valence-corrected chi connectivity index (χ4v) is 2.19. The third-order valence-electron chi connectivity index (χ3n) is 3.12. The van der Waals surface area contributed by atoms with E-state index in [0.29, 0.717) is 16.1 Å². The van der Waals surface area contributed by atoms with E-state index in [1.807, 2.05) is 53.4 Å². The number of carbonyl (C=O) groups excluding carboxylic acids is 1. The first-order valence-electron chi connectivity index (χ1n) is 6.28. The van der Waals surface area contributed by atoms with Crippen LogP contribution in [0.5, 0.6) is 0 Å². The Balaban J connectivity index is 1.90. The molecule has 0 saturated heterocycles. The molecule has 0 bridgehead atoms. The highest BCUT2D eigenvalue weighted by atomic mass is 35.5. The summed E-state index contributed by atoms with van der Waals surface area (Å²) in [6.07, 6.45) is 3.73. The second-order valence-corrected chi connectivity index (χ2v) is 4.92. The van der Waals surface area contributed by atoms with E-state index >= 15 is 0 Å². The molecule has 2 aromatic carbocycles. The molecule has 3 rings (SSSR count). The molecule has 0 amide bonds. The highest BCUT2D eigenvalue weighted by Crippen LogP contribution is 2.16. The van der Waals surface area contributed by atoms with Crippen molar-refractivity contribution < 1.29 is 4.79 Å². The van der Waals surface area contributed by atoms with Crippen molar-refractivity contribution in [3.63, 3.8) is 0 Å². The summed E-state index contributed by atoms with van der Waals surface area (Å²) >= 11 is 5.83. The molecule has 0 aliphatic heterocycles. The Kier molecular flexibility index (Phi) is 3.40. The van der Waals surface area contributed by atoms with Gasteiger partial charge in [-0.25, -0.2) is 0 Å². The molecular weight excluding hydrogens is 270 g/mol. The van der Waals surface area contributed by atoms with Crippen molar-refractivity contribution in [1.82, 2.24) is 4.57 Å². The van der Waals surface area contributed by atoms with Crippen LogP contribution < -0.4 is 0 Å². The molecule has 0 aliphatic carbocycles. The van der Waals surface area contributed by atoms with Crippen molar-refractivity contribution >= 4 is 17.4 Å². The highest BCUT2D eigenvalue weighted by Gasteiger charge is 2.10. The molecule has 2 nitrogen and oxygen atoms in total. The predicted molar refractivity (Wildman–Crippen MR) is 80.7 cm³/mol. The van der Waals surface area contributed by atoms with Gasteiger partial charge in [-0.2, -0.15) is 0 Å². The fraction of sp³-hybridized carbons (Fsp3) is 0. The van der Waals surface area contributed by atoms with Gasteiger partial charge in [0.05, 0.1) is 0 Å². The number of hydrogen-bond donors (Lipinski definition) is 0. The van der Waals surface area contributed by atoms with Crippen molar-refractivity contribution in [1.29, 1.82) is 0 Å². The number of rotatable bonds is 3. The molecule has 0 fully saturated rings. The van der Waals surface area contributed by atoms with E-state index in [0.717, 1.165) is 5.69 Å². The van der Waals surface area contributed by atoms with Crippen LogP contribution in [-0.2, 0) is 0 Å². The lowest BCUT2D eigenvalue weighted by Gasteiger charge is -2.01. The molecule has 0 N–H and O–H groups in total. The smallest absolute Gasteiger partial charge is 0.194 e. The van der Waals surface area contributed by atoms with Gasteiger partial charge in [0.1, 0.15) is 0 Å². The molecule has 3 aromatic rings. The van der Waals surface area contributed by atoms with Crippen molar-refractivity contribution in [3.8, 4) is 5.69 Å². The lowest BCUT2D eigenvalue weighted by Crippen LogP contribution is -1.99. The summed E-state index contributed by atoms with van der Waals surface area (Å²) in [5.41, 5.74) is 2.33. The van der Waals surface area contributed by atoms with E-state index in [2.05, 4.69) is 0 Å². The van der Waals surface area contributed by atoms with Gasteiger partial charge in [0.15, 0.2) is 5.78 Å². The average molecular weight is 282 g/mol. The Morgan fingerprint density at radius 1 is 0.850 bits per heavy atom. The van der Waals surface area contributed by atoms with Gasteiger partial charge in [-0.05, 0) is 42.5 Å². The zero-order chi connectivity index (χ0) is 13.9. The third-order valence-corrected chi connectivity index (χ3v) is 3.37. The number of carbonyl (C=O) groups is 1. The van der Waals surface area contributed by atoms with Crippen molar-refractivity contribution in [3.05, 3.63) is 89.2 Å². The van der Waals surface area contributed by atoms with Crippen LogP contribution in [0.25, 0.3) is 5.69 Å². The number of halogens is 1. The Morgan fingerprint density at radius 3 is 2.25 bits per heavy atom. The largest absolute Gasteiger partial charge is 0.323 e. The second kappa shape index (κ2) is 5.35. The Morgan fingerprint density at radius 2 is 1.55 bits per heavy atom. The normalized spacial score (nSPS) is 10.4. The number of benzene rings is 2. The number of para-hydroxylation sites is 1. The van der Waals surface area contributed by atoms with E-state index in [9.17, 15) is 4.79 Å². The van der Waals surface area contributed by atoms with Crippen LogP contribution in [0.3, 0.4) is 0 Å². The van der Waals surface area contributed by atoms with Crippen LogP contribution >= 0.6 is 11.6 Å². The minimum Gasteiger partial charge on any atom is -0.323 e. The maximum Gasteiger partial charge on any atom is 0.194 e. The summed E-state index contributed by atoms with van der Waals surface area (Å²) in [6, 6.07) is 18.6. The summed E-state index contributed by atoms with van der Waals surface area (Å²) in [4.78, 5) is 12.3. The molecule has 0 saturated carbocycles. The van der Waals surface area contributed by atoms with E-state index < -0.39 is 0 Å². The van der Waals surface area contributed by atoms with Crippen LogP contribution in [0.1, 0.15) is 15.9 Å². The number of ketones is 1. The lowest BCUT2D eigenvalue weighted by molar-refractivity contribution is 0.103. The van der Waals surface area contributed by atoms with Crippen molar-refractivity contribution in [2.45, 2.75) is 0 Å². The van der Waals surface area contributed by atoms with Crippen molar-refractivity contribution in [2.75, 3.05) is 0 Å². The summed E-state index contributed by atoms with van der Waals surface area (Å²) < 4.78 is 1.93. The molecule has 20 heavy (non-hydrogen) atoms. The third kappa shape index (κ3) is 2.51. The molecule has 0 atom stereocenters. The first kappa shape index (κ1) is 12.7. The van der Waals surface area contributed by atoms with Crippen LogP contribution in [0.4, 0.5) is 0 Å². The summed E-state index contributed by atoms with van der Waals surface area (Å²) in [7, 11) is 0. The highest BCUT2D eigenvalue weighted by molar-refractivity contribution is 6.30. The maximum atomic E-state index is 12.3. The van der Waals surface area contributed by atoms with Crippen LogP contribution in [0.2, 0.25) is 5.02 Å². The van der Waals surface area contributed by atoms with Crippen LogP contribution in [-0.4, -0.2) is 10.4 Å². The zero-order valence-electron chi connectivity index (χ0n) is 10.7. The van der Waals surface area contributed by atoms with Gasteiger partial charge in [-0.3, -0.25) is 4.79 Å². The molecule has 0 aliphatic rings. The van der Waals surface area contributed by atoms with Gasteiger partial charge in [0.25, 0.3) is 0 Å². The molecule has 1 aromatic heterocycles. The SMILES string of the molecule is O=C(c1ccc(Cl)cc1)c1ccn(-c2ccccc2)c1. The second-order valence-electron chi connectivity index (χ2n) is 4.48. The van der Waals surface area contributed by atoms with E-state index in [1.165, 1.54) is 0 Å². The summed E-state index contributed by atoms with van der Waals surface area (Å²) in [6.45, 7) is 0. The lowest BCUT2D eigenvalue weighted by atomic mass is 10.1. The zero-order valence-corrected chi connectivity index (χ0v) is 11.4. The van der Waals surface area contributed by atoms with E-state index in [-0.39, 0.29) is 5.78 Å². The average Bonchev–Trinajstić information content (AvgIpc) is 2.98. The van der Waals surface area contributed by atoms with Gasteiger partial charge in [-0.15, -0.1) is 0 Å². The van der Waals surface area contributed by atoms with E-state index in [4.69, 9.17) is 11.6 Å². The quantitative estimate of drug-likeness (QED) is 0.654. The molecule has 1 heterocycles. The number of aromatic nitrogens is 1. The summed E-state index contributed by atoms with van der Waals surface area (Å²) in [5, 5.41) is 0.628. The van der Waals surface area contributed by atoms with Gasteiger partial charge >= 0.3 is 0 Å². The fourth-order valence-electron chi connectivity index (χ4n) is 2.06. The first-order chi connectivity index (χ1) is 9.74. The topological polar surface area (TPSA) is 22.0 Å². The summed E-state index contributed by atoms with van der Waals surface area (Å²) in [5.74, 6) is -0.00338. The minimum absolute atomic E-state index is 0.00338. The Hall–Kier alpha value is -2.32. The molecule has 0 radical (unpaired) electrons.